The van der Waals surface area contributed by atoms with E-state index in [0.717, 1.165) is 0 Å². The van der Waals surface area contributed by atoms with E-state index in [9.17, 15) is 39.6 Å². The summed E-state index contributed by atoms with van der Waals surface area (Å²) < 4.78 is 0. The van der Waals surface area contributed by atoms with Gasteiger partial charge in [-0.2, -0.15) is 0 Å². The number of carbonyl (C=O) groups is 4. The molecule has 0 aliphatic rings. The van der Waals surface area contributed by atoms with Crippen LogP contribution in [0.25, 0.3) is 0 Å². The molecule has 0 radical (unpaired) electrons. The molecular formula is C8H8Cl2O12Zn3. The number of carbonyl (C=O) groups excluding carboxylic acids is 4. The minimum absolute atomic E-state index is 0. The summed E-state index contributed by atoms with van der Waals surface area (Å²) >= 11 is 0. The summed E-state index contributed by atoms with van der Waals surface area (Å²) in [4.78, 5) is 38.5. The predicted octanol–water partition coefficient (Wildman–Crippen LogP) is -15.6. The van der Waals surface area contributed by atoms with Gasteiger partial charge in [-0.1, -0.05) is 0 Å². The molecule has 12 nitrogen and oxygen atoms in total. The van der Waals surface area contributed by atoms with Gasteiger partial charge < -0.3 is 84.8 Å². The maximum atomic E-state index is 9.63. The minimum Gasteiger partial charge on any atom is -1.00 e. The Kier molecular flexibility index (Phi) is 39.6. The van der Waals surface area contributed by atoms with Crippen molar-refractivity contribution in [3.05, 3.63) is 0 Å². The van der Waals surface area contributed by atoms with Gasteiger partial charge in [-0.15, -0.1) is 0 Å². The standard InChI is InChI=1S/2C4H6O6.2ClH.3Zn/c2*5-1(3(7)8)2(6)4(9)10;;;;;/h2*1-2,5-6H,(H,7,8)(H,9,10);2*1H;;;/q;;;;3*+2/p-6. The molecule has 0 aromatic rings. The second kappa shape index (κ2) is 22.2. The van der Waals surface area contributed by atoms with Crippen molar-refractivity contribution >= 4 is 23.9 Å². The average molecular weight is 563 g/mol. The molecule has 17 heteroatoms. The van der Waals surface area contributed by atoms with Gasteiger partial charge in [-0.05, 0) is 0 Å². The number of halogens is 2. The van der Waals surface area contributed by atoms with Gasteiger partial charge in [0.2, 0.25) is 0 Å². The fraction of sp³-hybridized carbons (Fsp3) is 0.500. The van der Waals surface area contributed by atoms with Gasteiger partial charge in [-0.3, -0.25) is 0 Å². The zero-order valence-electron chi connectivity index (χ0n) is 12.2. The molecule has 0 aromatic heterocycles. The predicted molar refractivity (Wildman–Crippen MR) is 44.1 cm³/mol. The van der Waals surface area contributed by atoms with E-state index in [1.165, 1.54) is 0 Å². The van der Waals surface area contributed by atoms with Crippen molar-refractivity contribution in [3.63, 3.8) is 0 Å². The third-order valence-corrected chi connectivity index (χ3v) is 1.56. The molecule has 0 spiro atoms. The molecule has 0 heterocycles. The first kappa shape index (κ1) is 44.5. The van der Waals surface area contributed by atoms with Crippen LogP contribution in [-0.4, -0.2) is 68.7 Å². The van der Waals surface area contributed by atoms with E-state index in [1.54, 1.807) is 0 Å². The molecule has 0 aliphatic carbocycles. The Hall–Kier alpha value is 0.170. The van der Waals surface area contributed by atoms with Crippen molar-refractivity contribution in [1.29, 1.82) is 0 Å². The maximum absolute atomic E-state index is 9.63. The van der Waals surface area contributed by atoms with Gasteiger partial charge in [0, 0.05) is 0 Å². The minimum atomic E-state index is -2.44. The molecule has 0 aliphatic heterocycles. The van der Waals surface area contributed by atoms with Crippen LogP contribution in [0.3, 0.4) is 0 Å². The summed E-state index contributed by atoms with van der Waals surface area (Å²) in [6.07, 6.45) is -9.76. The van der Waals surface area contributed by atoms with E-state index in [0.29, 0.717) is 0 Å². The zero-order valence-corrected chi connectivity index (χ0v) is 22.7. The van der Waals surface area contributed by atoms with Crippen LogP contribution >= 0.6 is 0 Å². The number of rotatable bonds is 6. The van der Waals surface area contributed by atoms with Crippen molar-refractivity contribution in [1.82, 2.24) is 0 Å². The van der Waals surface area contributed by atoms with Gasteiger partial charge in [0.1, 0.15) is 24.4 Å². The summed E-state index contributed by atoms with van der Waals surface area (Å²) in [5.41, 5.74) is 0. The van der Waals surface area contributed by atoms with Gasteiger partial charge in [-0.25, -0.2) is 0 Å². The van der Waals surface area contributed by atoms with Crippen LogP contribution in [0.15, 0.2) is 0 Å². The normalized spacial score (nSPS) is 12.6. The summed E-state index contributed by atoms with van der Waals surface area (Å²) in [6.45, 7) is 0. The van der Waals surface area contributed by atoms with E-state index in [4.69, 9.17) is 20.4 Å². The first-order valence-electron chi connectivity index (χ1n) is 4.49. The first-order chi connectivity index (χ1) is 8.93. The van der Waals surface area contributed by atoms with Crippen LogP contribution in [0.4, 0.5) is 0 Å². The Morgan fingerprint density at radius 1 is 0.480 bits per heavy atom. The van der Waals surface area contributed by atoms with Crippen molar-refractivity contribution in [2.24, 2.45) is 0 Å². The van der Waals surface area contributed by atoms with Crippen LogP contribution in [0.2, 0.25) is 0 Å². The van der Waals surface area contributed by atoms with E-state index >= 15 is 0 Å². The smallest absolute Gasteiger partial charge is 1.00 e. The fourth-order valence-corrected chi connectivity index (χ4v) is 0.516. The Balaban J connectivity index is -0.0000000432. The van der Waals surface area contributed by atoms with Crippen LogP contribution in [0.1, 0.15) is 0 Å². The molecule has 0 amide bonds. The molecule has 0 aromatic carbocycles. The van der Waals surface area contributed by atoms with Gasteiger partial charge in [0.25, 0.3) is 0 Å². The molecule has 4 unspecified atom stereocenters. The maximum Gasteiger partial charge on any atom is 2.00 e. The Bertz CT molecular complexity index is 327. The summed E-state index contributed by atoms with van der Waals surface area (Å²) in [5.74, 6) is -8.23. The van der Waals surface area contributed by atoms with E-state index in [-0.39, 0.29) is 83.2 Å². The van der Waals surface area contributed by atoms with E-state index in [2.05, 4.69) is 0 Å². The number of aliphatic hydroxyl groups is 4. The molecule has 0 fully saturated rings. The van der Waals surface area contributed by atoms with Crippen molar-refractivity contribution < 1.29 is 143 Å². The van der Waals surface area contributed by atoms with Gasteiger partial charge in [0.05, 0.1) is 23.9 Å². The second-order valence-corrected chi connectivity index (χ2v) is 3.06. The fourth-order valence-electron chi connectivity index (χ4n) is 0.516. The molecular weight excluding hydrogens is 555 g/mol. The molecule has 0 rings (SSSR count). The third kappa shape index (κ3) is 20.3. The Labute approximate surface area is 190 Å². The quantitative estimate of drug-likeness (QED) is 0.220. The van der Waals surface area contributed by atoms with Gasteiger partial charge in [0.15, 0.2) is 0 Å². The molecule has 132 valence electrons. The largest absolute Gasteiger partial charge is 2.00 e. The summed E-state index contributed by atoms with van der Waals surface area (Å²) in [5, 5.41) is 71.5. The zero-order chi connectivity index (χ0) is 16.6. The number of aliphatic carboxylic acids is 4. The Morgan fingerprint density at radius 2 is 0.560 bits per heavy atom. The van der Waals surface area contributed by atoms with E-state index < -0.39 is 48.3 Å². The van der Waals surface area contributed by atoms with Gasteiger partial charge >= 0.3 is 58.4 Å². The number of hydrogen-bond acceptors (Lipinski definition) is 12. The summed E-state index contributed by atoms with van der Waals surface area (Å²) in [6, 6.07) is 0. The van der Waals surface area contributed by atoms with Crippen LogP contribution in [0, 0.1) is 0 Å². The molecule has 4 N–H and O–H groups in total. The topological polar surface area (TPSA) is 241 Å². The number of carboxylic acid groups (broad SMARTS) is 4. The molecule has 25 heavy (non-hydrogen) atoms. The molecule has 0 saturated carbocycles. The van der Waals surface area contributed by atoms with E-state index in [1.807, 2.05) is 0 Å². The number of hydrogen-bond donors (Lipinski definition) is 4. The summed E-state index contributed by atoms with van der Waals surface area (Å²) in [7, 11) is 0. The van der Waals surface area contributed by atoms with Crippen LogP contribution in [0.5, 0.6) is 0 Å². The van der Waals surface area contributed by atoms with Crippen LogP contribution in [-0.2, 0) is 77.6 Å². The molecule has 4 atom stereocenters. The molecule has 0 bridgehead atoms. The average Bonchev–Trinajstić information content (AvgIpc) is 2.35. The van der Waals surface area contributed by atoms with Crippen molar-refractivity contribution in [3.8, 4) is 0 Å². The number of aliphatic hydroxyl groups excluding tert-OH is 4. The second-order valence-electron chi connectivity index (χ2n) is 3.06. The van der Waals surface area contributed by atoms with Crippen molar-refractivity contribution in [2.45, 2.75) is 24.4 Å². The van der Waals surface area contributed by atoms with Crippen LogP contribution < -0.4 is 45.2 Å². The Morgan fingerprint density at radius 3 is 0.600 bits per heavy atom. The third-order valence-electron chi connectivity index (χ3n) is 1.56. The first-order valence-corrected chi connectivity index (χ1v) is 4.49. The number of carboxylic acids is 4. The molecule has 0 saturated heterocycles. The monoisotopic (exact) mass is 558 g/mol. The SMILES string of the molecule is O=C([O-])C(O)C(O)C(=O)[O-].O=C([O-])C(O)C(O)C(=O)[O-].[Cl-].[Cl-].[Zn+2].[Zn+2].[Zn+2]. The van der Waals surface area contributed by atoms with Crippen molar-refractivity contribution in [2.75, 3.05) is 0 Å².